The van der Waals surface area contributed by atoms with E-state index in [1.54, 1.807) is 6.33 Å². The number of aromatic nitrogens is 2. The van der Waals surface area contributed by atoms with Gasteiger partial charge in [0.1, 0.15) is 12.1 Å². The van der Waals surface area contributed by atoms with Crippen molar-refractivity contribution < 1.29 is 0 Å². The summed E-state index contributed by atoms with van der Waals surface area (Å²) in [6.45, 7) is 4.82. The van der Waals surface area contributed by atoms with Crippen molar-refractivity contribution in [2.24, 2.45) is 5.73 Å². The van der Waals surface area contributed by atoms with Crippen molar-refractivity contribution in [3.05, 3.63) is 18.1 Å². The third kappa shape index (κ3) is 6.55. The molecule has 0 bridgehead atoms. The van der Waals surface area contributed by atoms with Crippen molar-refractivity contribution in [2.45, 2.75) is 56.9 Å². The number of nitrogens with two attached hydrogens (primary N) is 1. The van der Waals surface area contributed by atoms with Gasteiger partial charge in [-0.3, -0.25) is 0 Å². The summed E-state index contributed by atoms with van der Waals surface area (Å²) in [6.07, 6.45) is 10.6. The van der Waals surface area contributed by atoms with Crippen LogP contribution in [0.2, 0.25) is 0 Å². The fraction of sp³-hybridized carbons (Fsp3) is 0.778. The van der Waals surface area contributed by atoms with Crippen LogP contribution in [0.15, 0.2) is 12.4 Å². The largest absolute Gasteiger partial charge is 0.360 e. The summed E-state index contributed by atoms with van der Waals surface area (Å²) >= 11 is 0. The summed E-state index contributed by atoms with van der Waals surface area (Å²) in [7, 11) is 2.14. The van der Waals surface area contributed by atoms with E-state index >= 15 is 0 Å². The van der Waals surface area contributed by atoms with Crippen LogP contribution >= 0.6 is 24.8 Å². The maximum Gasteiger partial charge on any atom is 0.131 e. The molecule has 0 radical (unpaired) electrons. The van der Waals surface area contributed by atoms with Gasteiger partial charge in [0.15, 0.2) is 0 Å². The van der Waals surface area contributed by atoms with Crippen molar-refractivity contribution in [1.82, 2.24) is 14.9 Å². The summed E-state index contributed by atoms with van der Waals surface area (Å²) in [5, 5.41) is 0. The van der Waals surface area contributed by atoms with Gasteiger partial charge in [-0.15, -0.1) is 24.8 Å². The molecule has 25 heavy (non-hydrogen) atoms. The van der Waals surface area contributed by atoms with E-state index < -0.39 is 0 Å². The first-order valence-electron chi connectivity index (χ1n) is 9.23. The lowest BCUT2D eigenvalue weighted by atomic mass is 9.78. The molecular formula is C18H33Cl2N5. The monoisotopic (exact) mass is 389 g/mol. The van der Waals surface area contributed by atoms with Crippen LogP contribution in [0.4, 0.5) is 5.82 Å². The minimum Gasteiger partial charge on any atom is -0.360 e. The van der Waals surface area contributed by atoms with Gasteiger partial charge in [0.05, 0.1) is 0 Å². The Hall–Kier alpha value is -0.620. The molecule has 0 aromatic carbocycles. The van der Waals surface area contributed by atoms with Gasteiger partial charge in [-0.2, -0.15) is 0 Å². The lowest BCUT2D eigenvalue weighted by Gasteiger charge is -2.32. The Morgan fingerprint density at radius 2 is 1.80 bits per heavy atom. The summed E-state index contributed by atoms with van der Waals surface area (Å²) in [6, 6.07) is 2.52. The lowest BCUT2D eigenvalue weighted by molar-refractivity contribution is 0.282. The molecule has 7 heteroatoms. The first-order valence-corrected chi connectivity index (χ1v) is 9.23. The van der Waals surface area contributed by atoms with Gasteiger partial charge in [0.2, 0.25) is 0 Å². The van der Waals surface area contributed by atoms with E-state index in [-0.39, 0.29) is 24.8 Å². The maximum atomic E-state index is 5.89. The molecule has 1 saturated carbocycles. The summed E-state index contributed by atoms with van der Waals surface area (Å²) in [5.74, 6) is 1.59. The van der Waals surface area contributed by atoms with Gasteiger partial charge in [-0.25, -0.2) is 9.97 Å². The molecule has 1 aliphatic carbocycles. The van der Waals surface area contributed by atoms with E-state index in [0.29, 0.717) is 12.0 Å². The highest BCUT2D eigenvalue weighted by atomic mass is 35.5. The average molecular weight is 390 g/mol. The molecule has 2 N–H and O–H groups in total. The Morgan fingerprint density at radius 3 is 2.44 bits per heavy atom. The highest BCUT2D eigenvalue weighted by Gasteiger charge is 2.28. The molecule has 144 valence electrons. The molecule has 1 aliphatic heterocycles. The minimum atomic E-state index is 0. The molecule has 2 aliphatic rings. The SMILES string of the molecule is CN(CCCN1CCCCCC1)c1cc(C2CC(N)C2)ncn1.Cl.Cl. The molecule has 5 nitrogen and oxygen atoms in total. The Bertz CT molecular complexity index is 488. The second-order valence-corrected chi connectivity index (χ2v) is 7.26. The van der Waals surface area contributed by atoms with E-state index in [2.05, 4.69) is 32.9 Å². The van der Waals surface area contributed by atoms with Crippen LogP contribution in [0.25, 0.3) is 0 Å². The Balaban J connectivity index is 0.00000156. The predicted octanol–water partition coefficient (Wildman–Crippen LogP) is 3.23. The van der Waals surface area contributed by atoms with E-state index in [1.165, 1.54) is 51.7 Å². The first kappa shape index (κ1) is 22.4. The summed E-state index contributed by atoms with van der Waals surface area (Å²) in [5.41, 5.74) is 7.06. The predicted molar refractivity (Wildman–Crippen MR) is 109 cm³/mol. The summed E-state index contributed by atoms with van der Waals surface area (Å²) in [4.78, 5) is 13.8. The smallest absolute Gasteiger partial charge is 0.131 e. The fourth-order valence-corrected chi connectivity index (χ4v) is 3.70. The van der Waals surface area contributed by atoms with Crippen LogP contribution in [-0.2, 0) is 0 Å². The van der Waals surface area contributed by atoms with Gasteiger partial charge in [-0.05, 0) is 51.7 Å². The summed E-state index contributed by atoms with van der Waals surface area (Å²) < 4.78 is 0. The molecule has 3 rings (SSSR count). The van der Waals surface area contributed by atoms with Crippen LogP contribution in [-0.4, -0.2) is 54.1 Å². The van der Waals surface area contributed by atoms with Crippen molar-refractivity contribution in [3.8, 4) is 0 Å². The quantitative estimate of drug-likeness (QED) is 0.808. The molecule has 0 unspecified atom stereocenters. The zero-order valence-electron chi connectivity index (χ0n) is 15.3. The second kappa shape index (κ2) is 11.2. The average Bonchev–Trinajstić information content (AvgIpc) is 2.81. The number of likely N-dealkylation sites (tertiary alicyclic amines) is 1. The Kier molecular flexibility index (Phi) is 10.0. The normalized spacial score (nSPS) is 23.6. The molecule has 0 amide bonds. The second-order valence-electron chi connectivity index (χ2n) is 7.26. The lowest BCUT2D eigenvalue weighted by Crippen LogP contribution is -2.35. The standard InChI is InChI=1S/C18H31N5.2ClH/c1-22(7-6-10-23-8-4-2-3-5-9-23)18-13-17(20-14-21-18)15-11-16(19)12-15;;/h13-16H,2-12,19H2,1H3;2*1H. The number of halogens is 2. The van der Waals surface area contributed by atoms with Crippen molar-refractivity contribution in [3.63, 3.8) is 0 Å². The van der Waals surface area contributed by atoms with Crippen LogP contribution in [0.3, 0.4) is 0 Å². The van der Waals surface area contributed by atoms with Gasteiger partial charge in [0, 0.05) is 37.3 Å². The van der Waals surface area contributed by atoms with E-state index in [9.17, 15) is 0 Å². The van der Waals surface area contributed by atoms with E-state index in [1.807, 2.05) is 0 Å². The highest BCUT2D eigenvalue weighted by Crippen LogP contribution is 2.35. The van der Waals surface area contributed by atoms with Crippen LogP contribution < -0.4 is 10.6 Å². The van der Waals surface area contributed by atoms with Crippen molar-refractivity contribution in [1.29, 1.82) is 0 Å². The first-order chi connectivity index (χ1) is 11.2. The van der Waals surface area contributed by atoms with Crippen molar-refractivity contribution >= 4 is 30.6 Å². The molecule has 2 fully saturated rings. The molecule has 1 saturated heterocycles. The van der Waals surface area contributed by atoms with Gasteiger partial charge in [-0.1, -0.05) is 12.8 Å². The van der Waals surface area contributed by atoms with E-state index in [4.69, 9.17) is 5.73 Å². The number of hydrogen-bond acceptors (Lipinski definition) is 5. The van der Waals surface area contributed by atoms with Crippen LogP contribution in [0.5, 0.6) is 0 Å². The molecule has 0 atom stereocenters. The van der Waals surface area contributed by atoms with Crippen LogP contribution in [0.1, 0.15) is 56.6 Å². The van der Waals surface area contributed by atoms with Crippen molar-refractivity contribution in [2.75, 3.05) is 38.1 Å². The third-order valence-corrected chi connectivity index (χ3v) is 5.32. The van der Waals surface area contributed by atoms with Gasteiger partial charge >= 0.3 is 0 Å². The number of nitrogens with zero attached hydrogens (tertiary/aromatic N) is 4. The minimum absolute atomic E-state index is 0. The number of anilines is 1. The topological polar surface area (TPSA) is 58.3 Å². The number of hydrogen-bond donors (Lipinski definition) is 1. The molecular weight excluding hydrogens is 357 g/mol. The zero-order valence-corrected chi connectivity index (χ0v) is 16.9. The maximum absolute atomic E-state index is 5.89. The Labute approximate surface area is 164 Å². The molecule has 0 spiro atoms. The third-order valence-electron chi connectivity index (χ3n) is 5.32. The molecule has 1 aromatic rings. The molecule has 2 heterocycles. The molecule has 1 aromatic heterocycles. The van der Waals surface area contributed by atoms with Gasteiger partial charge in [0.25, 0.3) is 0 Å². The fourth-order valence-electron chi connectivity index (χ4n) is 3.70. The van der Waals surface area contributed by atoms with Gasteiger partial charge < -0.3 is 15.5 Å². The number of rotatable bonds is 6. The Morgan fingerprint density at radius 1 is 1.12 bits per heavy atom. The van der Waals surface area contributed by atoms with Crippen LogP contribution in [0, 0.1) is 0 Å². The van der Waals surface area contributed by atoms with E-state index in [0.717, 1.165) is 30.9 Å². The zero-order chi connectivity index (χ0) is 16.1. The highest BCUT2D eigenvalue weighted by molar-refractivity contribution is 5.85.